The molecule has 1 fully saturated rings. The second-order valence-electron chi connectivity index (χ2n) is 6.81. The van der Waals surface area contributed by atoms with Crippen molar-refractivity contribution in [2.45, 2.75) is 25.6 Å². The van der Waals surface area contributed by atoms with E-state index < -0.39 is 17.7 Å². The summed E-state index contributed by atoms with van der Waals surface area (Å²) in [5.41, 5.74) is 0.304. The van der Waals surface area contributed by atoms with Crippen molar-refractivity contribution < 1.29 is 18.7 Å². The second-order valence-corrected chi connectivity index (χ2v) is 8.11. The normalized spacial score (nSPS) is 25.4. The third-order valence-electron chi connectivity index (χ3n) is 5.09. The number of fused-ring (bicyclic) bond motifs is 4. The molecule has 4 rings (SSSR count). The van der Waals surface area contributed by atoms with Gasteiger partial charge < -0.3 is 14.8 Å². The predicted octanol–water partition coefficient (Wildman–Crippen LogP) is 4.31. The first kappa shape index (κ1) is 19.1. The van der Waals surface area contributed by atoms with Crippen molar-refractivity contribution in [3.8, 4) is 5.75 Å². The van der Waals surface area contributed by atoms with E-state index in [-0.39, 0.29) is 18.4 Å². The van der Waals surface area contributed by atoms with E-state index in [0.29, 0.717) is 16.5 Å². The van der Waals surface area contributed by atoms with Crippen molar-refractivity contribution in [1.82, 2.24) is 5.32 Å². The molecule has 146 valence electrons. The molecule has 1 saturated heterocycles. The van der Waals surface area contributed by atoms with E-state index in [1.807, 2.05) is 25.1 Å². The van der Waals surface area contributed by atoms with E-state index in [1.165, 1.54) is 12.1 Å². The van der Waals surface area contributed by atoms with Crippen LogP contribution in [0.1, 0.15) is 25.5 Å². The van der Waals surface area contributed by atoms with E-state index in [1.54, 1.807) is 24.0 Å². The molecule has 28 heavy (non-hydrogen) atoms. The van der Waals surface area contributed by atoms with Crippen molar-refractivity contribution in [1.29, 1.82) is 0 Å². The zero-order valence-electron chi connectivity index (χ0n) is 15.2. The van der Waals surface area contributed by atoms with Crippen LogP contribution < -0.4 is 15.0 Å². The van der Waals surface area contributed by atoms with Crippen LogP contribution in [0.4, 0.5) is 10.1 Å². The van der Waals surface area contributed by atoms with Gasteiger partial charge >= 0.3 is 5.97 Å². The molecule has 3 atom stereocenters. The molecular formula is C20H18BrFN2O3S. The molecule has 8 heteroatoms. The molecule has 0 unspecified atom stereocenters. The van der Waals surface area contributed by atoms with Gasteiger partial charge in [-0.3, -0.25) is 9.69 Å². The smallest absolute Gasteiger partial charge is 0.317 e. The number of anilines is 1. The SMILES string of the molecule is CCOC(=O)[C@H]1[C@@H]2NC(=S)N(c3ccc(F)cc3)[C@@]1(C)Oc1ccc(Br)cc12. The molecule has 2 aliphatic rings. The molecule has 2 aliphatic heterocycles. The van der Waals surface area contributed by atoms with Crippen molar-refractivity contribution in [2.24, 2.45) is 5.92 Å². The summed E-state index contributed by atoms with van der Waals surface area (Å²) in [6.07, 6.45) is 0. The lowest BCUT2D eigenvalue weighted by Gasteiger charge is -2.55. The number of benzene rings is 2. The molecule has 2 aromatic carbocycles. The van der Waals surface area contributed by atoms with Crippen LogP contribution in [0, 0.1) is 11.7 Å². The molecule has 2 heterocycles. The van der Waals surface area contributed by atoms with Crippen molar-refractivity contribution in [3.05, 3.63) is 58.3 Å². The first-order valence-corrected chi connectivity index (χ1v) is 10.1. The summed E-state index contributed by atoms with van der Waals surface area (Å²) in [4.78, 5) is 14.7. The minimum absolute atomic E-state index is 0.254. The molecule has 2 aromatic rings. The number of nitrogens with zero attached hydrogens (tertiary/aromatic N) is 1. The van der Waals surface area contributed by atoms with Crippen LogP contribution in [0.15, 0.2) is 46.9 Å². The lowest BCUT2D eigenvalue weighted by Crippen LogP contribution is -2.71. The fourth-order valence-electron chi connectivity index (χ4n) is 3.93. The monoisotopic (exact) mass is 464 g/mol. The number of carbonyl (C=O) groups is 1. The van der Waals surface area contributed by atoms with E-state index >= 15 is 0 Å². The highest BCUT2D eigenvalue weighted by Crippen LogP contribution is 2.50. The minimum Gasteiger partial charge on any atom is -0.466 e. The zero-order valence-corrected chi connectivity index (χ0v) is 17.6. The lowest BCUT2D eigenvalue weighted by atomic mass is 9.79. The first-order chi connectivity index (χ1) is 13.3. The van der Waals surface area contributed by atoms with Gasteiger partial charge in [-0.15, -0.1) is 0 Å². The third kappa shape index (κ3) is 2.95. The summed E-state index contributed by atoms with van der Waals surface area (Å²) in [6.45, 7) is 3.83. The van der Waals surface area contributed by atoms with Gasteiger partial charge in [-0.05, 0) is 68.5 Å². The summed E-state index contributed by atoms with van der Waals surface area (Å²) < 4.78 is 26.1. The Balaban J connectivity index is 1.89. The average molecular weight is 465 g/mol. The van der Waals surface area contributed by atoms with Gasteiger partial charge in [-0.2, -0.15) is 0 Å². The molecule has 2 bridgehead atoms. The van der Waals surface area contributed by atoms with Crippen LogP contribution in [-0.2, 0) is 9.53 Å². The fraction of sp³-hybridized carbons (Fsp3) is 0.300. The maximum atomic E-state index is 13.5. The van der Waals surface area contributed by atoms with Gasteiger partial charge in [0, 0.05) is 15.7 Å². The third-order valence-corrected chi connectivity index (χ3v) is 5.88. The molecule has 0 radical (unpaired) electrons. The number of thiocarbonyl (C=S) groups is 1. The number of ether oxygens (including phenoxy) is 2. The molecular weight excluding hydrogens is 447 g/mol. The van der Waals surface area contributed by atoms with Crippen LogP contribution in [-0.4, -0.2) is 23.4 Å². The summed E-state index contributed by atoms with van der Waals surface area (Å²) in [7, 11) is 0. The van der Waals surface area contributed by atoms with E-state index in [0.717, 1.165) is 10.0 Å². The highest BCUT2D eigenvalue weighted by atomic mass is 79.9. The van der Waals surface area contributed by atoms with E-state index in [9.17, 15) is 9.18 Å². The van der Waals surface area contributed by atoms with E-state index in [2.05, 4.69) is 21.2 Å². The molecule has 0 aliphatic carbocycles. The number of esters is 1. The van der Waals surface area contributed by atoms with Crippen molar-refractivity contribution in [2.75, 3.05) is 11.5 Å². The van der Waals surface area contributed by atoms with Crippen molar-refractivity contribution in [3.63, 3.8) is 0 Å². The summed E-state index contributed by atoms with van der Waals surface area (Å²) in [5.74, 6) is -0.781. The molecule has 5 nitrogen and oxygen atoms in total. The van der Waals surface area contributed by atoms with Crippen LogP contribution in [0.2, 0.25) is 0 Å². The van der Waals surface area contributed by atoms with Gasteiger partial charge in [0.2, 0.25) is 5.72 Å². The fourth-order valence-corrected chi connectivity index (χ4v) is 4.72. The largest absolute Gasteiger partial charge is 0.466 e. The van der Waals surface area contributed by atoms with Gasteiger partial charge in [0.25, 0.3) is 0 Å². The Bertz CT molecular complexity index is 955. The van der Waals surface area contributed by atoms with E-state index in [4.69, 9.17) is 21.7 Å². The van der Waals surface area contributed by atoms with Crippen molar-refractivity contribution >= 4 is 44.9 Å². The number of carbonyl (C=O) groups excluding carboxylic acids is 1. The van der Waals surface area contributed by atoms with Gasteiger partial charge in [0.1, 0.15) is 17.5 Å². The molecule has 1 N–H and O–H groups in total. The van der Waals surface area contributed by atoms with Gasteiger partial charge in [0.05, 0.1) is 12.6 Å². The maximum Gasteiger partial charge on any atom is 0.317 e. The standard InChI is InChI=1S/C20H18BrFN2O3S/c1-3-26-18(25)16-17-14-10-11(21)4-9-15(14)27-20(16,2)24(19(28)23-17)13-7-5-12(22)6-8-13/h4-10,16-17H,3H2,1-2H3,(H,23,28)/t16-,17-,20+/m1/s1. The summed E-state index contributed by atoms with van der Waals surface area (Å²) in [5, 5.41) is 3.66. The highest BCUT2D eigenvalue weighted by molar-refractivity contribution is 9.10. The highest BCUT2D eigenvalue weighted by Gasteiger charge is 2.59. The maximum absolute atomic E-state index is 13.5. The minimum atomic E-state index is -1.14. The quantitative estimate of drug-likeness (QED) is 0.539. The van der Waals surface area contributed by atoms with Gasteiger partial charge in [0.15, 0.2) is 5.11 Å². The average Bonchev–Trinajstić information content (AvgIpc) is 2.63. The van der Waals surface area contributed by atoms with Crippen LogP contribution in [0.5, 0.6) is 5.75 Å². The van der Waals surface area contributed by atoms with Crippen LogP contribution >= 0.6 is 28.1 Å². The topological polar surface area (TPSA) is 50.8 Å². The molecule has 0 saturated carbocycles. The number of rotatable bonds is 3. The summed E-state index contributed by atoms with van der Waals surface area (Å²) >= 11 is 9.08. The summed E-state index contributed by atoms with van der Waals surface area (Å²) in [6, 6.07) is 11.1. The number of halogens is 2. The number of nitrogens with one attached hydrogen (secondary N) is 1. The lowest BCUT2D eigenvalue weighted by molar-refractivity contribution is -0.159. The van der Waals surface area contributed by atoms with Gasteiger partial charge in [-0.25, -0.2) is 4.39 Å². The molecule has 0 spiro atoms. The first-order valence-electron chi connectivity index (χ1n) is 8.86. The Kier molecular flexibility index (Phi) is 4.79. The Morgan fingerprint density at radius 1 is 1.36 bits per heavy atom. The zero-order chi connectivity index (χ0) is 20.1. The van der Waals surface area contributed by atoms with Gasteiger partial charge in [-0.1, -0.05) is 15.9 Å². The van der Waals surface area contributed by atoms with Crippen LogP contribution in [0.25, 0.3) is 0 Å². The molecule has 0 amide bonds. The predicted molar refractivity (Wildman–Crippen MR) is 111 cm³/mol. The Labute approximate surface area is 175 Å². The number of hydrogen-bond donors (Lipinski definition) is 1. The van der Waals surface area contributed by atoms with Crippen LogP contribution in [0.3, 0.4) is 0 Å². The number of hydrogen-bond acceptors (Lipinski definition) is 4. The second kappa shape index (κ2) is 7.00. The Morgan fingerprint density at radius 2 is 2.07 bits per heavy atom. The molecule has 0 aromatic heterocycles. The Hall–Kier alpha value is -2.19. The Morgan fingerprint density at radius 3 is 2.75 bits per heavy atom.